The maximum Gasteiger partial charge on any atom is 0.238 e. The van der Waals surface area contributed by atoms with Crippen molar-refractivity contribution in [2.75, 3.05) is 19.6 Å². The largest absolute Gasteiger partial charge is 0.461 e. The second-order valence-electron chi connectivity index (χ2n) is 6.19. The van der Waals surface area contributed by atoms with Crippen LogP contribution in [0.15, 0.2) is 51.6 Å². The topological polar surface area (TPSA) is 84.4 Å². The number of aromatic nitrogens is 2. The van der Waals surface area contributed by atoms with E-state index in [1.807, 2.05) is 29.2 Å². The summed E-state index contributed by atoms with van der Waals surface area (Å²) in [6.07, 6.45) is 1.57. The third-order valence-electron chi connectivity index (χ3n) is 4.29. The number of nitrogens with zero attached hydrogens (tertiary/aromatic N) is 3. The highest BCUT2D eigenvalue weighted by atomic mass is 35.5. The Morgan fingerprint density at radius 3 is 2.88 bits per heavy atom. The maximum atomic E-state index is 12.1. The second-order valence-corrected chi connectivity index (χ2v) is 6.60. The molecule has 26 heavy (non-hydrogen) atoms. The quantitative estimate of drug-likeness (QED) is 0.716. The third kappa shape index (κ3) is 3.63. The number of halogens is 1. The zero-order chi connectivity index (χ0) is 17.9. The SMILES string of the molecule is O=C(CN1CC(c2nc(-c3ccco3)no2)C1)NCc1ccccc1Cl. The van der Waals surface area contributed by atoms with Gasteiger partial charge in [0.25, 0.3) is 0 Å². The Morgan fingerprint density at radius 1 is 1.27 bits per heavy atom. The fraction of sp³-hybridized carbons (Fsp3) is 0.278. The molecule has 0 aliphatic carbocycles. The van der Waals surface area contributed by atoms with Gasteiger partial charge in [0.1, 0.15) is 0 Å². The summed E-state index contributed by atoms with van der Waals surface area (Å²) in [4.78, 5) is 18.5. The molecule has 0 unspecified atom stereocenters. The zero-order valence-corrected chi connectivity index (χ0v) is 14.6. The predicted molar refractivity (Wildman–Crippen MR) is 94.5 cm³/mol. The molecule has 134 valence electrons. The molecule has 1 amide bonds. The number of likely N-dealkylation sites (tertiary alicyclic amines) is 1. The van der Waals surface area contributed by atoms with Crippen LogP contribution in [-0.2, 0) is 11.3 Å². The first-order chi connectivity index (χ1) is 12.7. The van der Waals surface area contributed by atoms with E-state index >= 15 is 0 Å². The zero-order valence-electron chi connectivity index (χ0n) is 13.9. The van der Waals surface area contributed by atoms with E-state index in [1.165, 1.54) is 0 Å². The van der Waals surface area contributed by atoms with E-state index in [1.54, 1.807) is 18.4 Å². The lowest BCUT2D eigenvalue weighted by Crippen LogP contribution is -2.49. The first-order valence-electron chi connectivity index (χ1n) is 8.29. The predicted octanol–water partition coefficient (Wildman–Crippen LogP) is 2.70. The van der Waals surface area contributed by atoms with Gasteiger partial charge < -0.3 is 14.3 Å². The van der Waals surface area contributed by atoms with Crippen molar-refractivity contribution in [3.63, 3.8) is 0 Å². The number of hydrogen-bond donors (Lipinski definition) is 1. The summed E-state index contributed by atoms with van der Waals surface area (Å²) in [6, 6.07) is 11.0. The first-order valence-corrected chi connectivity index (χ1v) is 8.67. The summed E-state index contributed by atoms with van der Waals surface area (Å²) in [7, 11) is 0. The molecule has 8 heteroatoms. The highest BCUT2D eigenvalue weighted by Gasteiger charge is 2.33. The molecule has 1 aliphatic heterocycles. The summed E-state index contributed by atoms with van der Waals surface area (Å²) in [5.41, 5.74) is 0.903. The van der Waals surface area contributed by atoms with Crippen LogP contribution < -0.4 is 5.32 Å². The lowest BCUT2D eigenvalue weighted by Gasteiger charge is -2.36. The molecule has 3 aromatic rings. The van der Waals surface area contributed by atoms with Crippen molar-refractivity contribution in [1.29, 1.82) is 0 Å². The third-order valence-corrected chi connectivity index (χ3v) is 4.66. The van der Waals surface area contributed by atoms with Crippen molar-refractivity contribution in [3.8, 4) is 11.6 Å². The standard InChI is InChI=1S/C18H17ClN4O3/c19-14-5-2-1-4-12(14)8-20-16(24)11-23-9-13(10-23)18-21-17(22-26-18)15-6-3-7-25-15/h1-7,13H,8-11H2,(H,20,24). The molecule has 1 aliphatic rings. The van der Waals surface area contributed by atoms with Crippen LogP contribution in [0.1, 0.15) is 17.4 Å². The highest BCUT2D eigenvalue weighted by molar-refractivity contribution is 6.31. The van der Waals surface area contributed by atoms with E-state index in [2.05, 4.69) is 15.5 Å². The Hall–Kier alpha value is -2.64. The first kappa shape index (κ1) is 16.8. The van der Waals surface area contributed by atoms with E-state index in [-0.39, 0.29) is 11.8 Å². The van der Waals surface area contributed by atoms with E-state index in [4.69, 9.17) is 20.5 Å². The maximum absolute atomic E-state index is 12.1. The summed E-state index contributed by atoms with van der Waals surface area (Å²) >= 11 is 6.09. The number of rotatable bonds is 6. The lowest BCUT2D eigenvalue weighted by molar-refractivity contribution is -0.123. The molecule has 0 spiro atoms. The second kappa shape index (κ2) is 7.31. The van der Waals surface area contributed by atoms with Crippen LogP contribution in [0, 0.1) is 0 Å². The summed E-state index contributed by atoms with van der Waals surface area (Å²) in [5.74, 6) is 1.70. The molecule has 1 fully saturated rings. The van der Waals surface area contributed by atoms with Gasteiger partial charge in [0.05, 0.1) is 18.7 Å². The van der Waals surface area contributed by atoms with E-state index in [0.29, 0.717) is 48.7 Å². The van der Waals surface area contributed by atoms with E-state index < -0.39 is 0 Å². The number of carbonyl (C=O) groups is 1. The van der Waals surface area contributed by atoms with Crippen LogP contribution in [0.2, 0.25) is 5.02 Å². The van der Waals surface area contributed by atoms with Gasteiger partial charge in [0.15, 0.2) is 5.76 Å². The molecule has 2 aromatic heterocycles. The van der Waals surface area contributed by atoms with Gasteiger partial charge >= 0.3 is 0 Å². The number of amides is 1. The summed E-state index contributed by atoms with van der Waals surface area (Å²) in [6.45, 7) is 2.17. The molecule has 3 heterocycles. The number of carbonyl (C=O) groups excluding carboxylic acids is 1. The molecule has 7 nitrogen and oxygen atoms in total. The average Bonchev–Trinajstić information content (AvgIpc) is 3.28. The molecular weight excluding hydrogens is 356 g/mol. The fourth-order valence-electron chi connectivity index (χ4n) is 2.86. The molecule has 4 rings (SSSR count). The summed E-state index contributed by atoms with van der Waals surface area (Å²) in [5, 5.41) is 7.47. The molecule has 1 saturated heterocycles. The van der Waals surface area contributed by atoms with Crippen LogP contribution in [0.4, 0.5) is 0 Å². The Kier molecular flexibility index (Phi) is 4.73. The van der Waals surface area contributed by atoms with Crippen LogP contribution in [0.3, 0.4) is 0 Å². The molecular formula is C18H17ClN4O3. The van der Waals surface area contributed by atoms with Crippen LogP contribution in [0.5, 0.6) is 0 Å². The van der Waals surface area contributed by atoms with Crippen molar-refractivity contribution in [1.82, 2.24) is 20.4 Å². The molecule has 0 saturated carbocycles. The highest BCUT2D eigenvalue weighted by Crippen LogP contribution is 2.27. The number of nitrogens with one attached hydrogen (secondary N) is 1. The van der Waals surface area contributed by atoms with E-state index in [0.717, 1.165) is 5.56 Å². The van der Waals surface area contributed by atoms with Gasteiger partial charge in [-0.25, -0.2) is 0 Å². The van der Waals surface area contributed by atoms with Gasteiger partial charge in [-0.05, 0) is 23.8 Å². The molecule has 0 atom stereocenters. The lowest BCUT2D eigenvalue weighted by atomic mass is 10.0. The Labute approximate surface area is 154 Å². The monoisotopic (exact) mass is 372 g/mol. The molecule has 1 N–H and O–H groups in total. The minimum absolute atomic E-state index is 0.0369. The van der Waals surface area contributed by atoms with Gasteiger partial charge in [0, 0.05) is 24.7 Å². The minimum atomic E-state index is -0.0369. The molecule has 0 radical (unpaired) electrons. The Balaban J connectivity index is 1.24. The molecule has 0 bridgehead atoms. The Bertz CT molecular complexity index is 887. The van der Waals surface area contributed by atoms with Crippen LogP contribution in [-0.4, -0.2) is 40.6 Å². The number of furan rings is 1. The van der Waals surface area contributed by atoms with Crippen molar-refractivity contribution >= 4 is 17.5 Å². The van der Waals surface area contributed by atoms with Crippen LogP contribution >= 0.6 is 11.6 Å². The average molecular weight is 373 g/mol. The van der Waals surface area contributed by atoms with E-state index in [9.17, 15) is 4.79 Å². The molecule has 1 aromatic carbocycles. The van der Waals surface area contributed by atoms with Gasteiger partial charge in [-0.2, -0.15) is 4.98 Å². The minimum Gasteiger partial charge on any atom is -0.461 e. The van der Waals surface area contributed by atoms with Crippen molar-refractivity contribution in [2.24, 2.45) is 0 Å². The summed E-state index contributed by atoms with van der Waals surface area (Å²) < 4.78 is 10.6. The van der Waals surface area contributed by atoms with Gasteiger partial charge in [-0.3, -0.25) is 9.69 Å². The number of benzene rings is 1. The normalized spacial score (nSPS) is 15.0. The van der Waals surface area contributed by atoms with Gasteiger partial charge in [0.2, 0.25) is 17.6 Å². The van der Waals surface area contributed by atoms with Crippen molar-refractivity contribution in [3.05, 3.63) is 59.1 Å². The van der Waals surface area contributed by atoms with Crippen LogP contribution in [0.25, 0.3) is 11.6 Å². The Morgan fingerprint density at radius 2 is 2.12 bits per heavy atom. The van der Waals surface area contributed by atoms with Gasteiger partial charge in [-0.15, -0.1) is 0 Å². The van der Waals surface area contributed by atoms with Crippen molar-refractivity contribution in [2.45, 2.75) is 12.5 Å². The van der Waals surface area contributed by atoms with Crippen molar-refractivity contribution < 1.29 is 13.7 Å². The fourth-order valence-corrected chi connectivity index (χ4v) is 3.06. The van der Waals surface area contributed by atoms with Gasteiger partial charge in [-0.1, -0.05) is 35.0 Å². The number of hydrogen-bond acceptors (Lipinski definition) is 6. The smallest absolute Gasteiger partial charge is 0.238 e.